The number of nitrogens with zero attached hydrogens (tertiary/aromatic N) is 3. The van der Waals surface area contributed by atoms with Crippen LogP contribution < -0.4 is 4.90 Å². The van der Waals surface area contributed by atoms with Gasteiger partial charge in [0.1, 0.15) is 0 Å². The summed E-state index contributed by atoms with van der Waals surface area (Å²) in [7, 11) is 0. The highest BCUT2D eigenvalue weighted by molar-refractivity contribution is 7.09. The van der Waals surface area contributed by atoms with Crippen LogP contribution in [0.4, 0.5) is 5.95 Å². The molecule has 35 heavy (non-hydrogen) atoms. The van der Waals surface area contributed by atoms with Gasteiger partial charge in [0.2, 0.25) is 5.95 Å². The number of hydrogen-bond acceptors (Lipinski definition) is 5. The number of hydrogen-bond donors (Lipinski definition) is 1. The van der Waals surface area contributed by atoms with Gasteiger partial charge >= 0.3 is 5.97 Å². The van der Waals surface area contributed by atoms with Crippen LogP contribution in [0.15, 0.2) is 90.0 Å². The first-order valence-corrected chi connectivity index (χ1v) is 12.7. The summed E-state index contributed by atoms with van der Waals surface area (Å²) >= 11 is 1.68. The predicted octanol–water partition coefficient (Wildman–Crippen LogP) is 7.09. The largest absolute Gasteiger partial charge is 0.478 e. The second-order valence-corrected chi connectivity index (χ2v) is 10.0. The summed E-state index contributed by atoms with van der Waals surface area (Å²) in [6, 6.07) is 13.1. The third-order valence-electron chi connectivity index (χ3n) is 4.92. The zero-order valence-corrected chi connectivity index (χ0v) is 21.4. The molecule has 2 aromatic heterocycles. The molecule has 0 atom stereocenters. The Labute approximate surface area is 212 Å². The maximum absolute atomic E-state index is 11.4. The van der Waals surface area contributed by atoms with Gasteiger partial charge in [-0.2, -0.15) is 0 Å². The van der Waals surface area contributed by atoms with E-state index in [1.165, 1.54) is 10.5 Å². The normalized spacial score (nSPS) is 12.5. The summed E-state index contributed by atoms with van der Waals surface area (Å²) in [6.07, 6.45) is 14.0. The number of rotatable bonds is 8. The van der Waals surface area contributed by atoms with Crippen LogP contribution in [0.1, 0.15) is 53.7 Å². The Kier molecular flexibility index (Phi) is 9.99. The van der Waals surface area contributed by atoms with Crippen molar-refractivity contribution in [3.8, 4) is 0 Å². The number of aromatic nitrogens is 2. The molecule has 0 spiro atoms. The van der Waals surface area contributed by atoms with Gasteiger partial charge in [-0.3, -0.25) is 0 Å². The van der Waals surface area contributed by atoms with Crippen LogP contribution in [0.5, 0.6) is 0 Å². The minimum Gasteiger partial charge on any atom is -0.478 e. The summed E-state index contributed by atoms with van der Waals surface area (Å²) in [4.78, 5) is 24.0. The van der Waals surface area contributed by atoms with Crippen LogP contribution in [0.25, 0.3) is 0 Å². The molecular weight excluding hydrogens is 454 g/mol. The van der Waals surface area contributed by atoms with E-state index >= 15 is 0 Å². The van der Waals surface area contributed by atoms with E-state index in [1.807, 2.05) is 18.2 Å². The van der Waals surface area contributed by atoms with Gasteiger partial charge in [-0.15, -0.1) is 11.3 Å². The molecule has 0 saturated heterocycles. The van der Waals surface area contributed by atoms with Gasteiger partial charge in [0, 0.05) is 24.0 Å². The molecule has 182 valence electrons. The Hall–Kier alpha value is -3.51. The summed E-state index contributed by atoms with van der Waals surface area (Å²) < 4.78 is 0. The Morgan fingerprint density at radius 3 is 2.69 bits per heavy atom. The fourth-order valence-corrected chi connectivity index (χ4v) is 4.13. The molecular formula is C29H33N3O2S. The van der Waals surface area contributed by atoms with Crippen molar-refractivity contribution < 1.29 is 9.90 Å². The highest BCUT2D eigenvalue weighted by Crippen LogP contribution is 2.21. The van der Waals surface area contributed by atoms with Crippen LogP contribution in [0, 0.1) is 5.92 Å². The first kappa shape index (κ1) is 26.1. The van der Waals surface area contributed by atoms with E-state index < -0.39 is 5.97 Å². The monoisotopic (exact) mass is 487 g/mol. The standard InChI is InChI=1S/C25H23N3O2S.C4H10/c29-24(30)21-10-5-9-20(15-21)17-28(18-23-11-6-14-31-23)25-26-13-12-22(27-25)16-19-7-3-1-2-4-8-19;1-4(2)3/h1-3,5-15H,4,16-18H2,(H,29,30);4H,1-3H3. The van der Waals surface area contributed by atoms with Crippen LogP contribution >= 0.6 is 11.3 Å². The second kappa shape index (κ2) is 13.4. The zero-order valence-electron chi connectivity index (χ0n) is 20.6. The van der Waals surface area contributed by atoms with Gasteiger partial charge in [-0.25, -0.2) is 14.8 Å². The number of allylic oxidation sites excluding steroid dienone is 6. The molecule has 4 rings (SSSR count). The molecule has 1 N–H and O–H groups in total. The van der Waals surface area contributed by atoms with E-state index in [4.69, 9.17) is 4.98 Å². The van der Waals surface area contributed by atoms with Crippen molar-refractivity contribution in [2.24, 2.45) is 5.92 Å². The maximum atomic E-state index is 11.4. The van der Waals surface area contributed by atoms with E-state index in [0.29, 0.717) is 19.0 Å². The van der Waals surface area contributed by atoms with E-state index in [2.05, 4.69) is 72.5 Å². The van der Waals surface area contributed by atoms with E-state index in [-0.39, 0.29) is 5.56 Å². The van der Waals surface area contributed by atoms with Crippen LogP contribution in [0.3, 0.4) is 0 Å². The second-order valence-electron chi connectivity index (χ2n) is 9.00. The van der Waals surface area contributed by atoms with Gasteiger partial charge in [-0.05, 0) is 53.1 Å². The van der Waals surface area contributed by atoms with Crippen LogP contribution in [0.2, 0.25) is 0 Å². The van der Waals surface area contributed by atoms with Gasteiger partial charge in [0.15, 0.2) is 0 Å². The molecule has 0 radical (unpaired) electrons. The Morgan fingerprint density at radius 2 is 1.94 bits per heavy atom. The highest BCUT2D eigenvalue weighted by atomic mass is 32.1. The molecule has 1 aromatic carbocycles. The molecule has 2 heterocycles. The van der Waals surface area contributed by atoms with Crippen molar-refractivity contribution >= 4 is 23.3 Å². The number of carboxylic acids is 1. The van der Waals surface area contributed by atoms with Crippen LogP contribution in [-0.4, -0.2) is 21.0 Å². The minimum atomic E-state index is -0.927. The quantitative estimate of drug-likeness (QED) is 0.367. The first-order chi connectivity index (χ1) is 16.9. The first-order valence-electron chi connectivity index (χ1n) is 11.8. The van der Waals surface area contributed by atoms with Crippen molar-refractivity contribution in [2.45, 2.75) is 46.7 Å². The fourth-order valence-electron chi connectivity index (χ4n) is 3.41. The molecule has 0 fully saturated rings. The van der Waals surface area contributed by atoms with E-state index in [0.717, 1.165) is 30.0 Å². The predicted molar refractivity (Wildman–Crippen MR) is 145 cm³/mol. The van der Waals surface area contributed by atoms with Gasteiger partial charge in [0.05, 0.1) is 17.8 Å². The molecule has 1 aliphatic rings. The third kappa shape index (κ3) is 8.98. The lowest BCUT2D eigenvalue weighted by Crippen LogP contribution is -2.24. The van der Waals surface area contributed by atoms with Gasteiger partial charge < -0.3 is 10.0 Å². The molecule has 0 aliphatic heterocycles. The van der Waals surface area contributed by atoms with Crippen molar-refractivity contribution in [1.29, 1.82) is 0 Å². The zero-order chi connectivity index (χ0) is 25.0. The number of thiophene rings is 1. The Balaban J connectivity index is 0.000000795. The summed E-state index contributed by atoms with van der Waals surface area (Å²) in [6.45, 7) is 7.68. The number of aromatic carboxylic acids is 1. The Bertz CT molecular complexity index is 1180. The lowest BCUT2D eigenvalue weighted by Gasteiger charge is -2.23. The molecule has 0 unspecified atom stereocenters. The third-order valence-corrected chi connectivity index (χ3v) is 5.78. The lowest BCUT2D eigenvalue weighted by molar-refractivity contribution is 0.0696. The summed E-state index contributed by atoms with van der Waals surface area (Å²) in [5.41, 5.74) is 3.38. The van der Waals surface area contributed by atoms with Gasteiger partial charge in [-0.1, -0.05) is 69.4 Å². The number of carboxylic acid groups (broad SMARTS) is 1. The molecule has 6 heteroatoms. The van der Waals surface area contributed by atoms with Crippen molar-refractivity contribution in [1.82, 2.24) is 9.97 Å². The maximum Gasteiger partial charge on any atom is 0.335 e. The highest BCUT2D eigenvalue weighted by Gasteiger charge is 2.14. The molecule has 0 amide bonds. The van der Waals surface area contributed by atoms with Gasteiger partial charge in [0.25, 0.3) is 0 Å². The van der Waals surface area contributed by atoms with Crippen molar-refractivity contribution in [2.75, 3.05) is 4.90 Å². The number of benzene rings is 1. The molecule has 5 nitrogen and oxygen atoms in total. The average Bonchev–Trinajstić information content (AvgIpc) is 3.21. The molecule has 0 saturated carbocycles. The molecule has 1 aliphatic carbocycles. The number of carbonyl (C=O) groups is 1. The van der Waals surface area contributed by atoms with Crippen molar-refractivity contribution in [3.63, 3.8) is 0 Å². The van der Waals surface area contributed by atoms with E-state index in [9.17, 15) is 9.90 Å². The molecule has 3 aromatic rings. The smallest absolute Gasteiger partial charge is 0.335 e. The van der Waals surface area contributed by atoms with E-state index in [1.54, 1.807) is 35.7 Å². The lowest BCUT2D eigenvalue weighted by atomic mass is 10.1. The summed E-state index contributed by atoms with van der Waals surface area (Å²) in [5.74, 6) is 0.548. The minimum absolute atomic E-state index is 0.281. The van der Waals surface area contributed by atoms with Crippen LogP contribution in [-0.2, 0) is 19.5 Å². The molecule has 0 bridgehead atoms. The SMILES string of the molecule is CC(C)C.O=C(O)c1cccc(CN(Cc2cccs2)c2nccc(CC3=CCC=CC=C3)n2)c1. The average molecular weight is 488 g/mol. The Morgan fingerprint density at radius 1 is 1.11 bits per heavy atom. The fraction of sp³-hybridized carbons (Fsp3) is 0.276. The van der Waals surface area contributed by atoms with Crippen molar-refractivity contribution in [3.05, 3.63) is 112 Å². The number of anilines is 1. The summed E-state index contributed by atoms with van der Waals surface area (Å²) in [5, 5.41) is 11.4. The topological polar surface area (TPSA) is 66.3 Å².